The van der Waals surface area contributed by atoms with Gasteiger partial charge in [-0.15, -0.1) is 0 Å². The normalized spacial score (nSPS) is 19.6. The first kappa shape index (κ1) is 32.4. The van der Waals surface area contributed by atoms with Gasteiger partial charge in [0, 0.05) is 37.0 Å². The first-order chi connectivity index (χ1) is 17.9. The van der Waals surface area contributed by atoms with Crippen molar-refractivity contribution in [3.63, 3.8) is 0 Å². The molecule has 0 bridgehead atoms. The van der Waals surface area contributed by atoms with Gasteiger partial charge >= 0.3 is 0 Å². The lowest BCUT2D eigenvalue weighted by Crippen LogP contribution is -2.43. The van der Waals surface area contributed by atoms with Gasteiger partial charge in [0.1, 0.15) is 28.4 Å². The van der Waals surface area contributed by atoms with Crippen molar-refractivity contribution in [2.45, 2.75) is 37.8 Å². The number of nitrogens with one attached hydrogen (secondary N) is 3. The fraction of sp³-hybridized carbons (Fsp3) is 0.636. The van der Waals surface area contributed by atoms with Crippen LogP contribution in [0.1, 0.15) is 25.7 Å². The number of alkyl halides is 3. The summed E-state index contributed by atoms with van der Waals surface area (Å²) in [5.74, 6) is 1.16. The molecule has 0 unspecified atom stereocenters. The molecule has 0 radical (unpaired) electrons. The van der Waals surface area contributed by atoms with Crippen LogP contribution in [0.2, 0.25) is 20.6 Å². The van der Waals surface area contributed by atoms with Crippen LogP contribution in [0.15, 0.2) is 12.4 Å². The van der Waals surface area contributed by atoms with Crippen LogP contribution in [0.4, 0.5) is 20.4 Å². The number of piperidine rings is 2. The maximum Gasteiger partial charge on any atom is 0.224 e. The van der Waals surface area contributed by atoms with Crippen LogP contribution >= 0.6 is 62.3 Å². The molecule has 4 heterocycles. The molecule has 0 saturated carbocycles. The minimum atomic E-state index is -0.313. The minimum Gasteiger partial charge on any atom is -0.365 e. The third kappa shape index (κ3) is 12.7. The van der Waals surface area contributed by atoms with Gasteiger partial charge in [0.25, 0.3) is 0 Å². The van der Waals surface area contributed by atoms with Crippen molar-refractivity contribution in [2.24, 2.45) is 0 Å². The maximum atomic E-state index is 12.3. The number of halogens is 7. The van der Waals surface area contributed by atoms with Crippen molar-refractivity contribution in [1.29, 1.82) is 0 Å². The molecule has 208 valence electrons. The summed E-state index contributed by atoms with van der Waals surface area (Å²) in [6, 6.07) is 0.580. The van der Waals surface area contributed by atoms with Gasteiger partial charge < -0.3 is 16.0 Å². The third-order valence-corrected chi connectivity index (χ3v) is 6.60. The van der Waals surface area contributed by atoms with Crippen LogP contribution < -0.4 is 16.0 Å². The minimum absolute atomic E-state index is 0.165. The Kier molecular flexibility index (Phi) is 16.2. The zero-order chi connectivity index (χ0) is 27.0. The van der Waals surface area contributed by atoms with E-state index in [1.807, 2.05) is 0 Å². The lowest BCUT2D eigenvalue weighted by Gasteiger charge is -2.32. The zero-order valence-corrected chi connectivity index (χ0v) is 24.8. The van der Waals surface area contributed by atoms with E-state index in [4.69, 9.17) is 46.4 Å². The number of aromatic nitrogens is 4. The van der Waals surface area contributed by atoms with Crippen LogP contribution in [0.5, 0.6) is 0 Å². The van der Waals surface area contributed by atoms with Gasteiger partial charge in [-0.3, -0.25) is 9.29 Å². The number of likely N-dealkylation sites (tertiary alicyclic amines) is 1. The van der Waals surface area contributed by atoms with Gasteiger partial charge in [-0.25, -0.2) is 14.4 Å². The van der Waals surface area contributed by atoms with Crippen LogP contribution in [0.3, 0.4) is 0 Å². The number of anilines is 2. The Balaban J connectivity index is 0.000000230. The summed E-state index contributed by atoms with van der Waals surface area (Å²) in [6.07, 6.45) is 7.31. The molecule has 2 aliphatic heterocycles. The largest absolute Gasteiger partial charge is 0.365 e. The molecule has 15 heteroatoms. The fourth-order valence-corrected chi connectivity index (χ4v) is 4.31. The van der Waals surface area contributed by atoms with Gasteiger partial charge in [-0.1, -0.05) is 39.1 Å². The predicted molar refractivity (Wildman–Crippen MR) is 152 cm³/mol. The summed E-state index contributed by atoms with van der Waals surface area (Å²) in [6.45, 7) is 3.65. The van der Waals surface area contributed by atoms with Crippen molar-refractivity contribution in [3.05, 3.63) is 33.0 Å². The highest BCUT2D eigenvalue weighted by Crippen LogP contribution is 2.23. The molecule has 0 aromatic carbocycles. The average molecular weight is 667 g/mol. The monoisotopic (exact) mass is 664 g/mol. The maximum absolute atomic E-state index is 12.3. The molecule has 0 spiro atoms. The Bertz CT molecular complexity index is 926. The number of nitrogens with zero attached hydrogens (tertiary/aromatic N) is 5. The summed E-state index contributed by atoms with van der Waals surface area (Å²) in [4.78, 5) is 17.8. The second kappa shape index (κ2) is 18.5. The van der Waals surface area contributed by atoms with Crippen LogP contribution in [-0.4, -0.2) is 88.3 Å². The second-order valence-electron chi connectivity index (χ2n) is 8.21. The highest BCUT2D eigenvalue weighted by Gasteiger charge is 2.20. The lowest BCUT2D eigenvalue weighted by molar-refractivity contribution is 0.200. The molecule has 2 aromatic rings. The SMILES string of the molecule is Clc1ncc(Cl)c(N[C@H]2CCCNC2)n1.FCCBr.FCCN1CCC[C@H](Nc2nc(Cl)ncc2Cl)C1. The molecule has 0 amide bonds. The van der Waals surface area contributed by atoms with E-state index in [1.165, 1.54) is 12.4 Å². The molecular weight excluding hydrogens is 636 g/mol. The molecule has 3 N–H and O–H groups in total. The number of rotatable bonds is 7. The Morgan fingerprint density at radius 1 is 0.919 bits per heavy atom. The zero-order valence-electron chi connectivity index (χ0n) is 20.2. The van der Waals surface area contributed by atoms with E-state index < -0.39 is 0 Å². The van der Waals surface area contributed by atoms with Crippen molar-refractivity contribution in [2.75, 3.05) is 62.0 Å². The first-order valence-corrected chi connectivity index (χ1v) is 14.5. The Hall–Kier alpha value is -0.820. The second-order valence-corrected chi connectivity index (χ2v) is 10.5. The van der Waals surface area contributed by atoms with Gasteiger partial charge in [-0.2, -0.15) is 9.97 Å². The quantitative estimate of drug-likeness (QED) is 0.248. The molecule has 2 saturated heterocycles. The molecule has 0 aliphatic carbocycles. The van der Waals surface area contributed by atoms with E-state index in [0.717, 1.165) is 51.9 Å². The molecule has 4 rings (SSSR count). The lowest BCUT2D eigenvalue weighted by atomic mass is 10.1. The van der Waals surface area contributed by atoms with Crippen molar-refractivity contribution < 1.29 is 8.78 Å². The van der Waals surface area contributed by atoms with Gasteiger partial charge in [0.05, 0.1) is 19.1 Å². The summed E-state index contributed by atoms with van der Waals surface area (Å²) in [7, 11) is 0. The summed E-state index contributed by atoms with van der Waals surface area (Å²) in [5.41, 5.74) is 0. The Morgan fingerprint density at radius 2 is 1.49 bits per heavy atom. The molecule has 2 fully saturated rings. The fourth-order valence-electron chi connectivity index (χ4n) is 3.75. The third-order valence-electron chi connectivity index (χ3n) is 5.39. The van der Waals surface area contributed by atoms with E-state index in [-0.39, 0.29) is 30.0 Å². The summed E-state index contributed by atoms with van der Waals surface area (Å²) < 4.78 is 23.0. The summed E-state index contributed by atoms with van der Waals surface area (Å²) in [5, 5.41) is 11.6. The molecule has 8 nitrogen and oxygen atoms in total. The van der Waals surface area contributed by atoms with Crippen molar-refractivity contribution in [1.82, 2.24) is 30.2 Å². The van der Waals surface area contributed by atoms with Crippen LogP contribution in [0.25, 0.3) is 0 Å². The molecule has 2 atom stereocenters. The van der Waals surface area contributed by atoms with Crippen molar-refractivity contribution in [3.8, 4) is 0 Å². The highest BCUT2D eigenvalue weighted by atomic mass is 79.9. The van der Waals surface area contributed by atoms with Crippen molar-refractivity contribution >= 4 is 74.0 Å². The van der Waals surface area contributed by atoms with E-state index in [9.17, 15) is 8.78 Å². The van der Waals surface area contributed by atoms with Gasteiger partial charge in [0.15, 0.2) is 0 Å². The molecule has 2 aliphatic rings. The topological polar surface area (TPSA) is 90.9 Å². The van der Waals surface area contributed by atoms with Crippen LogP contribution in [-0.2, 0) is 0 Å². The van der Waals surface area contributed by atoms with Crippen LogP contribution in [0, 0.1) is 0 Å². The first-order valence-electron chi connectivity index (χ1n) is 11.9. The molecule has 37 heavy (non-hydrogen) atoms. The van der Waals surface area contributed by atoms with E-state index in [1.54, 1.807) is 0 Å². The predicted octanol–water partition coefficient (Wildman–Crippen LogP) is 5.93. The van der Waals surface area contributed by atoms with Gasteiger partial charge in [-0.05, 0) is 62.0 Å². The van der Waals surface area contributed by atoms with E-state index in [0.29, 0.717) is 39.6 Å². The molecular formula is C22H31BrCl4F2N8. The summed E-state index contributed by atoms with van der Waals surface area (Å²) >= 11 is 26.2. The average Bonchev–Trinajstić information content (AvgIpc) is 2.90. The van der Waals surface area contributed by atoms with Gasteiger partial charge in [0.2, 0.25) is 10.6 Å². The van der Waals surface area contributed by atoms with E-state index >= 15 is 0 Å². The standard InChI is InChI=1S/C11H15Cl2FN4.C9H12Cl2N4.C2H4BrF/c12-9-6-15-11(13)17-10(9)16-8-2-1-4-18(7-8)5-3-14;10-7-5-13-9(11)15-8(7)14-6-2-1-3-12-4-6;3-1-2-4/h6,8H,1-5,7H2,(H,15,16,17);5-6,12H,1-4H2,(H,13,14,15);1-2H2/t8-;6-;/m00./s1. The number of hydrogen-bond acceptors (Lipinski definition) is 8. The smallest absolute Gasteiger partial charge is 0.224 e. The Labute approximate surface area is 244 Å². The molecule has 2 aromatic heterocycles. The number of hydrogen-bond donors (Lipinski definition) is 3. The highest BCUT2D eigenvalue weighted by molar-refractivity contribution is 9.09. The van der Waals surface area contributed by atoms with E-state index in [2.05, 4.69) is 56.7 Å². The Morgan fingerprint density at radius 3 is 2.00 bits per heavy atom.